The number of aliphatic hydroxyl groups excluding tert-OH is 1. The number of piperidine rings is 1. The van der Waals surface area contributed by atoms with Crippen molar-refractivity contribution in [3.8, 4) is 0 Å². The van der Waals surface area contributed by atoms with E-state index in [4.69, 9.17) is 0 Å². The van der Waals surface area contributed by atoms with Crippen molar-refractivity contribution in [1.29, 1.82) is 0 Å². The summed E-state index contributed by atoms with van der Waals surface area (Å²) in [5.41, 5.74) is 1.11. The first-order chi connectivity index (χ1) is 9.71. The first-order valence-electron chi connectivity index (χ1n) is 8.05. The van der Waals surface area contributed by atoms with E-state index < -0.39 is 0 Å². The van der Waals surface area contributed by atoms with Crippen molar-refractivity contribution in [1.82, 2.24) is 9.88 Å². The molecule has 1 aromatic heterocycles. The van der Waals surface area contributed by atoms with Crippen LogP contribution < -0.4 is 0 Å². The Morgan fingerprint density at radius 1 is 1.25 bits per heavy atom. The van der Waals surface area contributed by atoms with Crippen LogP contribution in [0.1, 0.15) is 55.6 Å². The molecular formula is C16H26N2OS. The van der Waals surface area contributed by atoms with Gasteiger partial charge in [0.2, 0.25) is 0 Å². The molecule has 0 spiro atoms. The van der Waals surface area contributed by atoms with E-state index in [0.717, 1.165) is 30.0 Å². The van der Waals surface area contributed by atoms with Gasteiger partial charge in [0.1, 0.15) is 0 Å². The van der Waals surface area contributed by atoms with E-state index in [1.807, 2.05) is 6.92 Å². The zero-order valence-electron chi connectivity index (χ0n) is 12.5. The molecule has 3 nitrogen and oxygen atoms in total. The normalized spacial score (nSPS) is 24.9. The van der Waals surface area contributed by atoms with Crippen molar-refractivity contribution in [2.24, 2.45) is 0 Å². The summed E-state index contributed by atoms with van der Waals surface area (Å²) in [5.74, 6) is 0. The van der Waals surface area contributed by atoms with Gasteiger partial charge in [0.05, 0.1) is 16.8 Å². The second kappa shape index (κ2) is 6.12. The summed E-state index contributed by atoms with van der Waals surface area (Å²) >= 11 is 1.69. The van der Waals surface area contributed by atoms with Gasteiger partial charge in [-0.1, -0.05) is 19.3 Å². The topological polar surface area (TPSA) is 36.4 Å². The first-order valence-corrected chi connectivity index (χ1v) is 8.93. The van der Waals surface area contributed by atoms with E-state index >= 15 is 0 Å². The van der Waals surface area contributed by atoms with Crippen LogP contribution >= 0.6 is 11.3 Å². The Hall–Kier alpha value is -0.450. The van der Waals surface area contributed by atoms with Gasteiger partial charge in [0, 0.05) is 17.3 Å². The van der Waals surface area contributed by atoms with Crippen molar-refractivity contribution in [3.05, 3.63) is 16.1 Å². The maximum atomic E-state index is 10.9. The van der Waals surface area contributed by atoms with Gasteiger partial charge < -0.3 is 5.11 Å². The molecule has 0 bridgehead atoms. The highest BCUT2D eigenvalue weighted by Crippen LogP contribution is 2.40. The Kier molecular flexibility index (Phi) is 4.43. The fourth-order valence-corrected chi connectivity index (χ4v) is 4.70. The van der Waals surface area contributed by atoms with Crippen molar-refractivity contribution in [2.45, 2.75) is 69.9 Å². The van der Waals surface area contributed by atoms with E-state index in [0.29, 0.717) is 0 Å². The van der Waals surface area contributed by atoms with E-state index in [-0.39, 0.29) is 11.6 Å². The maximum Gasteiger partial charge on any atom is 0.0897 e. The third-order valence-corrected chi connectivity index (χ3v) is 5.97. The van der Waals surface area contributed by atoms with Gasteiger partial charge in [-0.05, 0) is 45.7 Å². The number of hydrogen-bond acceptors (Lipinski definition) is 4. The predicted molar refractivity (Wildman–Crippen MR) is 83.2 cm³/mol. The summed E-state index contributed by atoms with van der Waals surface area (Å²) in [6, 6.07) is 0. The number of hydrogen-bond donors (Lipinski definition) is 1. The number of nitrogens with zero attached hydrogens (tertiary/aromatic N) is 2. The smallest absolute Gasteiger partial charge is 0.0897 e. The summed E-state index contributed by atoms with van der Waals surface area (Å²) < 4.78 is 0. The van der Waals surface area contributed by atoms with Gasteiger partial charge in [-0.15, -0.1) is 11.3 Å². The molecule has 20 heavy (non-hydrogen) atoms. The van der Waals surface area contributed by atoms with Crippen LogP contribution in [-0.4, -0.2) is 39.7 Å². The van der Waals surface area contributed by atoms with Crippen LogP contribution in [0.15, 0.2) is 5.38 Å². The molecule has 3 rings (SSSR count). The highest BCUT2D eigenvalue weighted by Gasteiger charge is 2.45. The van der Waals surface area contributed by atoms with E-state index in [9.17, 15) is 5.11 Å². The van der Waals surface area contributed by atoms with Gasteiger partial charge in [0.15, 0.2) is 0 Å². The summed E-state index contributed by atoms with van der Waals surface area (Å²) in [4.78, 5) is 7.14. The van der Waals surface area contributed by atoms with Crippen molar-refractivity contribution < 1.29 is 5.11 Å². The zero-order chi connectivity index (χ0) is 14.0. The van der Waals surface area contributed by atoms with Gasteiger partial charge in [-0.25, -0.2) is 4.98 Å². The van der Waals surface area contributed by atoms with Gasteiger partial charge in [-0.3, -0.25) is 4.90 Å². The fraction of sp³-hybridized carbons (Fsp3) is 0.812. The second-order valence-electron chi connectivity index (χ2n) is 6.44. The minimum atomic E-state index is -0.260. The molecule has 0 aromatic carbocycles. The van der Waals surface area contributed by atoms with Gasteiger partial charge in [-0.2, -0.15) is 0 Å². The molecule has 112 valence electrons. The zero-order valence-corrected chi connectivity index (χ0v) is 13.3. The third-order valence-electron chi connectivity index (χ3n) is 5.14. The van der Waals surface area contributed by atoms with E-state index in [2.05, 4.69) is 15.3 Å². The lowest BCUT2D eigenvalue weighted by atomic mass is 9.84. The van der Waals surface area contributed by atoms with Crippen LogP contribution in [0.4, 0.5) is 0 Å². The minimum absolute atomic E-state index is 0.0396. The molecule has 1 N–H and O–H groups in total. The molecule has 1 aromatic rings. The molecule has 0 radical (unpaired) electrons. The largest absolute Gasteiger partial charge is 0.391 e. The summed E-state index contributed by atoms with van der Waals surface area (Å²) in [6.45, 7) is 4.39. The molecule has 1 unspecified atom stereocenters. The summed E-state index contributed by atoms with van der Waals surface area (Å²) in [5, 5.41) is 14.1. The lowest BCUT2D eigenvalue weighted by Gasteiger charge is -2.46. The summed E-state index contributed by atoms with van der Waals surface area (Å²) in [7, 11) is 0. The SMILES string of the molecule is Cc1nc(CC(O)C2(N3CCCCC3)CCCC2)cs1. The predicted octanol–water partition coefficient (Wildman–Crippen LogP) is 3.15. The van der Waals surface area contributed by atoms with E-state index in [1.54, 1.807) is 11.3 Å². The third kappa shape index (κ3) is 2.78. The number of thiazole rings is 1. The van der Waals surface area contributed by atoms with E-state index in [1.165, 1.54) is 45.2 Å². The van der Waals surface area contributed by atoms with Gasteiger partial charge in [0.25, 0.3) is 0 Å². The standard InChI is InChI=1S/C16H26N2OS/c1-13-17-14(12-20-13)11-15(19)16(7-3-4-8-16)18-9-5-2-6-10-18/h12,15,19H,2-11H2,1H3. The molecular weight excluding hydrogens is 268 g/mol. The lowest BCUT2D eigenvalue weighted by Crippen LogP contribution is -2.57. The molecule has 2 fully saturated rings. The van der Waals surface area contributed by atoms with Crippen molar-refractivity contribution in [3.63, 3.8) is 0 Å². The Labute approximate surface area is 126 Å². The van der Waals surface area contributed by atoms with Crippen LogP contribution in [0.3, 0.4) is 0 Å². The quantitative estimate of drug-likeness (QED) is 0.926. The Morgan fingerprint density at radius 3 is 2.55 bits per heavy atom. The van der Waals surface area contributed by atoms with Crippen LogP contribution in [0.2, 0.25) is 0 Å². The van der Waals surface area contributed by atoms with Crippen molar-refractivity contribution in [2.75, 3.05) is 13.1 Å². The number of aryl methyl sites for hydroxylation is 1. The molecule has 1 aliphatic heterocycles. The average Bonchev–Trinajstić information content (AvgIpc) is 3.10. The molecule has 1 atom stereocenters. The highest BCUT2D eigenvalue weighted by atomic mass is 32.1. The molecule has 4 heteroatoms. The van der Waals surface area contributed by atoms with Crippen LogP contribution in [0, 0.1) is 6.92 Å². The van der Waals surface area contributed by atoms with Crippen LogP contribution in [-0.2, 0) is 6.42 Å². The van der Waals surface area contributed by atoms with Crippen molar-refractivity contribution >= 4 is 11.3 Å². The monoisotopic (exact) mass is 294 g/mol. The number of aromatic nitrogens is 1. The Morgan fingerprint density at radius 2 is 1.95 bits per heavy atom. The molecule has 2 aliphatic rings. The highest BCUT2D eigenvalue weighted by molar-refractivity contribution is 7.09. The number of rotatable bonds is 4. The number of likely N-dealkylation sites (tertiary alicyclic amines) is 1. The lowest BCUT2D eigenvalue weighted by molar-refractivity contribution is -0.0384. The average molecular weight is 294 g/mol. The van der Waals surface area contributed by atoms with Gasteiger partial charge >= 0.3 is 0 Å². The first kappa shape index (κ1) is 14.5. The molecule has 2 heterocycles. The summed E-state index contributed by atoms with van der Waals surface area (Å²) in [6.07, 6.45) is 9.27. The molecule has 0 amide bonds. The fourth-order valence-electron chi connectivity index (χ4n) is 4.08. The Balaban J connectivity index is 1.75. The minimum Gasteiger partial charge on any atom is -0.391 e. The number of aliphatic hydroxyl groups is 1. The molecule has 1 aliphatic carbocycles. The Bertz CT molecular complexity index is 433. The second-order valence-corrected chi connectivity index (χ2v) is 7.50. The van der Waals surface area contributed by atoms with Crippen LogP contribution in [0.5, 0.6) is 0 Å². The maximum absolute atomic E-state index is 10.9. The molecule has 1 saturated carbocycles. The molecule has 1 saturated heterocycles. The van der Waals surface area contributed by atoms with Crippen LogP contribution in [0.25, 0.3) is 0 Å².